The van der Waals surface area contributed by atoms with Gasteiger partial charge in [0.15, 0.2) is 0 Å². The van der Waals surface area contributed by atoms with Crippen molar-refractivity contribution in [3.8, 4) is 5.75 Å². The maximum atomic E-state index is 13.6. The summed E-state index contributed by atoms with van der Waals surface area (Å²) in [5.41, 5.74) is 0.170. The van der Waals surface area contributed by atoms with Crippen molar-refractivity contribution in [1.82, 2.24) is 10.6 Å². The van der Waals surface area contributed by atoms with E-state index < -0.39 is 17.9 Å². The number of ether oxygens (including phenoxy) is 1. The molecule has 0 spiro atoms. The molecule has 0 bridgehead atoms. The highest BCUT2D eigenvalue weighted by molar-refractivity contribution is 5.32. The summed E-state index contributed by atoms with van der Waals surface area (Å²) in [6.45, 7) is 1.84. The Morgan fingerprint density at radius 1 is 1.22 bits per heavy atom. The monoisotopic (exact) mass is 264 g/mol. The first-order valence-corrected chi connectivity index (χ1v) is 5.45. The average Bonchev–Trinajstić information content (AvgIpc) is 2.31. The van der Waals surface area contributed by atoms with E-state index in [4.69, 9.17) is 0 Å². The van der Waals surface area contributed by atoms with Crippen molar-refractivity contribution in [1.29, 1.82) is 0 Å². The summed E-state index contributed by atoms with van der Waals surface area (Å²) in [6.07, 6.45) is -4.77. The molecule has 1 aliphatic rings. The fraction of sp³-hybridized carbons (Fsp3) is 0.455. The zero-order valence-electron chi connectivity index (χ0n) is 9.35. The van der Waals surface area contributed by atoms with Crippen molar-refractivity contribution in [3.05, 3.63) is 29.6 Å². The number of nitrogens with one attached hydrogen (secondary N) is 2. The summed E-state index contributed by atoms with van der Waals surface area (Å²) in [6, 6.07) is 2.67. The summed E-state index contributed by atoms with van der Waals surface area (Å²) >= 11 is 0. The molecule has 0 radical (unpaired) electrons. The van der Waals surface area contributed by atoms with Crippen LogP contribution in [-0.2, 0) is 0 Å². The summed E-state index contributed by atoms with van der Waals surface area (Å²) in [5.74, 6) is -0.961. The van der Waals surface area contributed by atoms with Gasteiger partial charge in [-0.3, -0.25) is 0 Å². The lowest BCUT2D eigenvalue weighted by molar-refractivity contribution is -0.274. The predicted octanol–water partition coefficient (Wildman–Crippen LogP) is 1.96. The smallest absolute Gasteiger partial charge is 0.406 e. The summed E-state index contributed by atoms with van der Waals surface area (Å²) in [5, 5.41) is 6.06. The van der Waals surface area contributed by atoms with Crippen molar-refractivity contribution in [3.63, 3.8) is 0 Å². The van der Waals surface area contributed by atoms with Crippen molar-refractivity contribution in [2.24, 2.45) is 0 Å². The first kappa shape index (κ1) is 13.1. The van der Waals surface area contributed by atoms with E-state index in [1.807, 2.05) is 0 Å². The normalized spacial score (nSPS) is 20.8. The van der Waals surface area contributed by atoms with E-state index in [0.29, 0.717) is 13.1 Å². The number of hydrogen-bond acceptors (Lipinski definition) is 3. The summed E-state index contributed by atoms with van der Waals surface area (Å²) in [4.78, 5) is 0. The lowest BCUT2D eigenvalue weighted by Gasteiger charge is -2.25. The van der Waals surface area contributed by atoms with Crippen molar-refractivity contribution < 1.29 is 22.3 Å². The standard InChI is InChI=1S/C11H12F4N2O/c12-9-2-1-7(18-11(13,14)15)5-8(9)10-6-16-3-4-17-10/h1-2,5,10,16-17H,3-4,6H2/t10-/m1/s1. The van der Waals surface area contributed by atoms with E-state index in [-0.39, 0.29) is 11.6 Å². The van der Waals surface area contributed by atoms with E-state index in [1.165, 1.54) is 0 Å². The Balaban J connectivity index is 2.20. The Kier molecular flexibility index (Phi) is 3.72. The third-order valence-electron chi connectivity index (χ3n) is 2.62. The average molecular weight is 264 g/mol. The van der Waals surface area contributed by atoms with Crippen molar-refractivity contribution in [2.75, 3.05) is 19.6 Å². The fourth-order valence-electron chi connectivity index (χ4n) is 1.86. The van der Waals surface area contributed by atoms with Crippen LogP contribution in [0.2, 0.25) is 0 Å². The van der Waals surface area contributed by atoms with E-state index in [9.17, 15) is 17.6 Å². The lowest BCUT2D eigenvalue weighted by Crippen LogP contribution is -2.43. The summed E-state index contributed by atoms with van der Waals surface area (Å²) < 4.78 is 53.6. The number of rotatable bonds is 2. The van der Waals surface area contributed by atoms with Crippen molar-refractivity contribution in [2.45, 2.75) is 12.4 Å². The van der Waals surface area contributed by atoms with Crippen LogP contribution in [0.1, 0.15) is 11.6 Å². The molecule has 7 heteroatoms. The molecule has 1 heterocycles. The Hall–Kier alpha value is -1.34. The SMILES string of the molecule is Fc1ccc(OC(F)(F)F)cc1[C@H]1CNCCN1. The maximum absolute atomic E-state index is 13.6. The molecule has 1 aromatic rings. The number of benzene rings is 1. The van der Waals surface area contributed by atoms with E-state index in [0.717, 1.165) is 24.7 Å². The van der Waals surface area contributed by atoms with Gasteiger partial charge in [0, 0.05) is 31.2 Å². The molecule has 0 unspecified atom stereocenters. The Morgan fingerprint density at radius 2 is 2.00 bits per heavy atom. The number of alkyl halides is 3. The maximum Gasteiger partial charge on any atom is 0.573 e. The molecule has 0 saturated carbocycles. The van der Waals surface area contributed by atoms with Gasteiger partial charge in [-0.25, -0.2) is 4.39 Å². The van der Waals surface area contributed by atoms with Crippen LogP contribution in [0.4, 0.5) is 17.6 Å². The molecule has 2 N–H and O–H groups in total. The Bertz CT molecular complexity index is 416. The second-order valence-corrected chi connectivity index (χ2v) is 3.94. The van der Waals surface area contributed by atoms with Gasteiger partial charge >= 0.3 is 6.36 Å². The Labute approximate surface area is 101 Å². The molecule has 0 aromatic heterocycles. The van der Waals surface area contributed by atoms with Crippen LogP contribution >= 0.6 is 0 Å². The number of hydrogen-bond donors (Lipinski definition) is 2. The van der Waals surface area contributed by atoms with E-state index >= 15 is 0 Å². The van der Waals surface area contributed by atoms with Crippen LogP contribution < -0.4 is 15.4 Å². The molecule has 18 heavy (non-hydrogen) atoms. The molecule has 100 valence electrons. The predicted molar refractivity (Wildman–Crippen MR) is 56.7 cm³/mol. The number of piperazine rings is 1. The van der Waals surface area contributed by atoms with Gasteiger partial charge in [0.1, 0.15) is 11.6 Å². The molecule has 0 amide bonds. The topological polar surface area (TPSA) is 33.3 Å². The molecular weight excluding hydrogens is 252 g/mol. The molecule has 0 aliphatic carbocycles. The van der Waals surface area contributed by atoms with Crippen LogP contribution in [0.15, 0.2) is 18.2 Å². The van der Waals surface area contributed by atoms with Gasteiger partial charge in [0.25, 0.3) is 0 Å². The quantitative estimate of drug-likeness (QED) is 0.801. The first-order chi connectivity index (χ1) is 8.46. The molecule has 1 atom stereocenters. The van der Waals surface area contributed by atoms with Crippen LogP contribution in [0, 0.1) is 5.82 Å². The molecule has 1 aliphatic heterocycles. The molecule has 1 fully saturated rings. The second kappa shape index (κ2) is 5.11. The fourth-order valence-corrected chi connectivity index (χ4v) is 1.86. The molecular formula is C11H12F4N2O. The highest BCUT2D eigenvalue weighted by atomic mass is 19.4. The molecule has 3 nitrogen and oxygen atoms in total. The van der Waals surface area contributed by atoms with Crippen LogP contribution in [0.25, 0.3) is 0 Å². The van der Waals surface area contributed by atoms with E-state index in [1.54, 1.807) is 0 Å². The van der Waals surface area contributed by atoms with Gasteiger partial charge < -0.3 is 15.4 Å². The third-order valence-corrected chi connectivity index (χ3v) is 2.62. The van der Waals surface area contributed by atoms with Gasteiger partial charge in [0.05, 0.1) is 0 Å². The second-order valence-electron chi connectivity index (χ2n) is 3.94. The summed E-state index contributed by atoms with van der Waals surface area (Å²) in [7, 11) is 0. The minimum atomic E-state index is -4.77. The van der Waals surface area contributed by atoms with Gasteiger partial charge in [-0.05, 0) is 18.2 Å². The molecule has 1 aromatic carbocycles. The Morgan fingerprint density at radius 3 is 2.61 bits per heavy atom. The van der Waals surface area contributed by atoms with Crippen LogP contribution in [-0.4, -0.2) is 26.0 Å². The minimum Gasteiger partial charge on any atom is -0.406 e. The molecule has 1 saturated heterocycles. The van der Waals surface area contributed by atoms with Crippen LogP contribution in [0.5, 0.6) is 5.75 Å². The first-order valence-electron chi connectivity index (χ1n) is 5.45. The number of halogens is 4. The van der Waals surface area contributed by atoms with E-state index in [2.05, 4.69) is 15.4 Å². The van der Waals surface area contributed by atoms with Crippen molar-refractivity contribution >= 4 is 0 Å². The zero-order valence-corrected chi connectivity index (χ0v) is 9.35. The largest absolute Gasteiger partial charge is 0.573 e. The van der Waals surface area contributed by atoms with Gasteiger partial charge in [0.2, 0.25) is 0 Å². The highest BCUT2D eigenvalue weighted by Gasteiger charge is 2.31. The zero-order chi connectivity index (χ0) is 13.2. The molecule has 2 rings (SSSR count). The van der Waals surface area contributed by atoms with Crippen LogP contribution in [0.3, 0.4) is 0 Å². The van der Waals surface area contributed by atoms with Gasteiger partial charge in [-0.15, -0.1) is 13.2 Å². The highest BCUT2D eigenvalue weighted by Crippen LogP contribution is 2.27. The third kappa shape index (κ3) is 3.33. The minimum absolute atomic E-state index is 0.170. The van der Waals surface area contributed by atoms with Gasteiger partial charge in [-0.2, -0.15) is 0 Å². The van der Waals surface area contributed by atoms with Gasteiger partial charge in [-0.1, -0.05) is 0 Å². The lowest BCUT2D eigenvalue weighted by atomic mass is 10.0.